The van der Waals surface area contributed by atoms with Gasteiger partial charge in [0.05, 0.1) is 15.8 Å². The van der Waals surface area contributed by atoms with Crippen molar-refractivity contribution in [3.63, 3.8) is 0 Å². The molecule has 0 atom stereocenters. The van der Waals surface area contributed by atoms with Gasteiger partial charge in [-0.15, -0.1) is 0 Å². The first-order valence-corrected chi connectivity index (χ1v) is 7.95. The number of nitrogens with one attached hydrogen (secondary N) is 1. The monoisotopic (exact) mass is 327 g/mol. The first kappa shape index (κ1) is 14.0. The van der Waals surface area contributed by atoms with Crippen molar-refractivity contribution in [2.75, 3.05) is 18.5 Å². The van der Waals surface area contributed by atoms with E-state index in [0.29, 0.717) is 35.4 Å². The minimum atomic E-state index is -0.228. The molecule has 6 nitrogen and oxygen atoms in total. The van der Waals surface area contributed by atoms with Crippen LogP contribution in [0.5, 0.6) is 11.5 Å². The molecule has 2 aromatic heterocycles. The van der Waals surface area contributed by atoms with Gasteiger partial charge in [-0.25, -0.2) is 4.98 Å². The molecule has 0 bridgehead atoms. The Morgan fingerprint density at radius 3 is 2.74 bits per heavy atom. The standard InChI is InChI=1S/C16H13N3O3S/c1-9-2-3-10(8-17-9)15(20)19-16-18-11-6-12-13(7-14(11)23-16)22-5-4-21-12/h2-3,6-8H,4-5H2,1H3,(H,18,19,20). The molecule has 3 aromatic rings. The van der Waals surface area contributed by atoms with Crippen LogP contribution >= 0.6 is 11.3 Å². The van der Waals surface area contributed by atoms with Crippen molar-refractivity contribution in [1.29, 1.82) is 0 Å². The van der Waals surface area contributed by atoms with Crippen LogP contribution in [0.15, 0.2) is 30.5 Å². The van der Waals surface area contributed by atoms with Crippen LogP contribution in [-0.4, -0.2) is 29.1 Å². The summed E-state index contributed by atoms with van der Waals surface area (Å²) in [5.41, 5.74) is 2.14. The Hall–Kier alpha value is -2.67. The third kappa shape index (κ3) is 2.70. The number of aryl methyl sites for hydroxylation is 1. The van der Waals surface area contributed by atoms with Crippen molar-refractivity contribution in [1.82, 2.24) is 9.97 Å². The number of carbonyl (C=O) groups excluding carboxylic acids is 1. The number of nitrogens with zero attached hydrogens (tertiary/aromatic N) is 2. The van der Waals surface area contributed by atoms with E-state index in [1.54, 1.807) is 18.3 Å². The molecule has 3 heterocycles. The van der Waals surface area contributed by atoms with Gasteiger partial charge in [-0.05, 0) is 19.1 Å². The summed E-state index contributed by atoms with van der Waals surface area (Å²) in [5, 5.41) is 3.34. The minimum Gasteiger partial charge on any atom is -0.486 e. The highest BCUT2D eigenvalue weighted by Gasteiger charge is 2.16. The van der Waals surface area contributed by atoms with Crippen LogP contribution in [0.2, 0.25) is 0 Å². The van der Waals surface area contributed by atoms with Crippen molar-refractivity contribution in [2.24, 2.45) is 0 Å². The van der Waals surface area contributed by atoms with E-state index in [-0.39, 0.29) is 5.91 Å². The van der Waals surface area contributed by atoms with E-state index in [4.69, 9.17) is 9.47 Å². The van der Waals surface area contributed by atoms with Gasteiger partial charge >= 0.3 is 0 Å². The number of benzene rings is 1. The number of amides is 1. The molecule has 4 rings (SSSR count). The van der Waals surface area contributed by atoms with Gasteiger partial charge < -0.3 is 9.47 Å². The summed E-state index contributed by atoms with van der Waals surface area (Å²) in [6.07, 6.45) is 1.55. The van der Waals surface area contributed by atoms with E-state index in [1.807, 2.05) is 19.1 Å². The van der Waals surface area contributed by atoms with Crippen LogP contribution in [0, 0.1) is 6.92 Å². The second-order valence-electron chi connectivity index (χ2n) is 5.12. The average Bonchev–Trinajstić information content (AvgIpc) is 2.94. The first-order valence-electron chi connectivity index (χ1n) is 7.13. The Morgan fingerprint density at radius 1 is 1.22 bits per heavy atom. The third-order valence-electron chi connectivity index (χ3n) is 3.45. The largest absolute Gasteiger partial charge is 0.486 e. The fourth-order valence-electron chi connectivity index (χ4n) is 2.29. The number of fused-ring (bicyclic) bond motifs is 2. The van der Waals surface area contributed by atoms with Gasteiger partial charge in [0.15, 0.2) is 16.6 Å². The maximum Gasteiger partial charge on any atom is 0.259 e. The zero-order valence-corrected chi connectivity index (χ0v) is 13.1. The van der Waals surface area contributed by atoms with Gasteiger partial charge in [0, 0.05) is 24.0 Å². The van der Waals surface area contributed by atoms with E-state index in [1.165, 1.54) is 11.3 Å². The van der Waals surface area contributed by atoms with Crippen LogP contribution < -0.4 is 14.8 Å². The van der Waals surface area contributed by atoms with E-state index in [9.17, 15) is 4.79 Å². The highest BCUT2D eigenvalue weighted by atomic mass is 32.1. The number of rotatable bonds is 2. The van der Waals surface area contributed by atoms with Crippen LogP contribution in [0.25, 0.3) is 10.2 Å². The summed E-state index contributed by atoms with van der Waals surface area (Å²) in [6, 6.07) is 7.27. The predicted molar refractivity (Wildman–Crippen MR) is 87.5 cm³/mol. The molecule has 0 spiro atoms. The van der Waals surface area contributed by atoms with Crippen molar-refractivity contribution in [3.8, 4) is 11.5 Å². The zero-order chi connectivity index (χ0) is 15.8. The highest BCUT2D eigenvalue weighted by molar-refractivity contribution is 7.22. The summed E-state index contributed by atoms with van der Waals surface area (Å²) in [6.45, 7) is 2.95. The second kappa shape index (κ2) is 5.51. The van der Waals surface area contributed by atoms with Crippen LogP contribution in [-0.2, 0) is 0 Å². The van der Waals surface area contributed by atoms with Gasteiger partial charge in [-0.2, -0.15) is 0 Å². The third-order valence-corrected chi connectivity index (χ3v) is 4.38. The molecular weight excluding hydrogens is 314 g/mol. The summed E-state index contributed by atoms with van der Waals surface area (Å²) in [5.74, 6) is 1.18. The molecule has 116 valence electrons. The lowest BCUT2D eigenvalue weighted by atomic mass is 10.2. The molecular formula is C16H13N3O3S. The van der Waals surface area contributed by atoms with E-state index < -0.39 is 0 Å². The number of hydrogen-bond donors (Lipinski definition) is 1. The molecule has 1 N–H and O–H groups in total. The Balaban J connectivity index is 1.61. The molecule has 7 heteroatoms. The Labute approximate surface area is 136 Å². The van der Waals surface area contributed by atoms with E-state index >= 15 is 0 Å². The summed E-state index contributed by atoms with van der Waals surface area (Å²) in [7, 11) is 0. The molecule has 0 fully saturated rings. The number of anilines is 1. The van der Waals surface area contributed by atoms with Crippen molar-refractivity contribution in [2.45, 2.75) is 6.92 Å². The van der Waals surface area contributed by atoms with Crippen LogP contribution in [0.4, 0.5) is 5.13 Å². The molecule has 0 saturated heterocycles. The number of thiazole rings is 1. The van der Waals surface area contributed by atoms with Gasteiger partial charge in [0.1, 0.15) is 13.2 Å². The Kier molecular flexibility index (Phi) is 3.34. The maximum atomic E-state index is 12.2. The average molecular weight is 327 g/mol. The van der Waals surface area contributed by atoms with Crippen LogP contribution in [0.3, 0.4) is 0 Å². The molecule has 1 aromatic carbocycles. The molecule has 1 amide bonds. The second-order valence-corrected chi connectivity index (χ2v) is 6.16. The predicted octanol–water partition coefficient (Wildman–Crippen LogP) is 3.02. The number of hydrogen-bond acceptors (Lipinski definition) is 6. The zero-order valence-electron chi connectivity index (χ0n) is 12.3. The number of pyridine rings is 1. The van der Waals surface area contributed by atoms with Crippen molar-refractivity contribution < 1.29 is 14.3 Å². The molecule has 0 saturated carbocycles. The number of aromatic nitrogens is 2. The molecule has 23 heavy (non-hydrogen) atoms. The quantitative estimate of drug-likeness (QED) is 0.783. The molecule has 1 aliphatic heterocycles. The van der Waals surface area contributed by atoms with Crippen LogP contribution in [0.1, 0.15) is 16.1 Å². The topological polar surface area (TPSA) is 73.3 Å². The SMILES string of the molecule is Cc1ccc(C(=O)Nc2nc3cc4c(cc3s2)OCCO4)cn1. The molecule has 0 aliphatic carbocycles. The minimum absolute atomic E-state index is 0.228. The number of ether oxygens (including phenoxy) is 2. The fraction of sp³-hybridized carbons (Fsp3) is 0.188. The maximum absolute atomic E-state index is 12.2. The number of carbonyl (C=O) groups is 1. The molecule has 0 radical (unpaired) electrons. The summed E-state index contributed by atoms with van der Waals surface area (Å²) < 4.78 is 12.0. The van der Waals surface area contributed by atoms with Crippen molar-refractivity contribution >= 4 is 32.6 Å². The van der Waals surface area contributed by atoms with Gasteiger partial charge in [-0.3, -0.25) is 15.1 Å². The molecule has 0 unspecified atom stereocenters. The van der Waals surface area contributed by atoms with Crippen molar-refractivity contribution in [3.05, 3.63) is 41.7 Å². The smallest absolute Gasteiger partial charge is 0.259 e. The lowest BCUT2D eigenvalue weighted by molar-refractivity contribution is 0.102. The highest BCUT2D eigenvalue weighted by Crippen LogP contribution is 2.37. The Bertz CT molecular complexity index is 846. The van der Waals surface area contributed by atoms with E-state index in [2.05, 4.69) is 15.3 Å². The van der Waals surface area contributed by atoms with Gasteiger partial charge in [0.25, 0.3) is 5.91 Å². The Morgan fingerprint density at radius 2 is 2.00 bits per heavy atom. The fourth-order valence-corrected chi connectivity index (χ4v) is 3.16. The normalized spacial score (nSPS) is 13.1. The van der Waals surface area contributed by atoms with Gasteiger partial charge in [0.2, 0.25) is 0 Å². The molecule has 1 aliphatic rings. The lowest BCUT2D eigenvalue weighted by Gasteiger charge is -2.17. The summed E-state index contributed by atoms with van der Waals surface area (Å²) >= 11 is 1.40. The summed E-state index contributed by atoms with van der Waals surface area (Å²) in [4.78, 5) is 20.8. The van der Waals surface area contributed by atoms with E-state index in [0.717, 1.165) is 15.9 Å². The lowest BCUT2D eigenvalue weighted by Crippen LogP contribution is -2.15. The van der Waals surface area contributed by atoms with Gasteiger partial charge in [-0.1, -0.05) is 11.3 Å². The first-order chi connectivity index (χ1) is 11.2.